The van der Waals surface area contributed by atoms with Crippen molar-refractivity contribution in [3.05, 3.63) is 45.3 Å². The molecule has 0 spiro atoms. The molecule has 34 heavy (non-hydrogen) atoms. The van der Waals surface area contributed by atoms with E-state index in [1.54, 1.807) is 13.0 Å². The Morgan fingerprint density at radius 1 is 1.18 bits per heavy atom. The summed E-state index contributed by atoms with van der Waals surface area (Å²) in [4.78, 5) is 31.1. The maximum atomic E-state index is 13.6. The van der Waals surface area contributed by atoms with Gasteiger partial charge in [0.05, 0.1) is 18.0 Å². The van der Waals surface area contributed by atoms with Crippen molar-refractivity contribution < 1.29 is 19.4 Å². The number of amides is 1. The lowest BCUT2D eigenvalue weighted by molar-refractivity contribution is -0.135. The molecular weight excluding hydrogens is 432 g/mol. The molecule has 4 heterocycles. The molecule has 3 fully saturated rings. The Morgan fingerprint density at radius 2 is 2.03 bits per heavy atom. The number of rotatable bonds is 2. The average Bonchev–Trinajstić information content (AvgIpc) is 2.84. The van der Waals surface area contributed by atoms with Gasteiger partial charge in [0.25, 0.3) is 0 Å². The minimum atomic E-state index is -0.635. The SMILES string of the molecule is Cc1c(CC(=O)N2CCCC3=C[C@@H]4C[C@@H](CN5CCCC[C@H]45)[C@@H]32)c(=O)oc2c(O)c(O)ccc12. The average molecular weight is 465 g/mol. The van der Waals surface area contributed by atoms with Crippen molar-refractivity contribution in [3.63, 3.8) is 0 Å². The molecule has 0 saturated carbocycles. The summed E-state index contributed by atoms with van der Waals surface area (Å²) in [5.74, 6) is 0.237. The van der Waals surface area contributed by atoms with Crippen LogP contribution in [0.25, 0.3) is 11.0 Å². The number of carbonyl (C=O) groups excluding carboxylic acids is 1. The van der Waals surface area contributed by atoms with Crippen LogP contribution in [0.1, 0.15) is 49.7 Å². The maximum Gasteiger partial charge on any atom is 0.340 e. The van der Waals surface area contributed by atoms with E-state index in [9.17, 15) is 19.8 Å². The second kappa shape index (κ2) is 8.15. The van der Waals surface area contributed by atoms with Crippen LogP contribution < -0.4 is 5.63 Å². The van der Waals surface area contributed by atoms with Gasteiger partial charge in [0.2, 0.25) is 11.7 Å². The summed E-state index contributed by atoms with van der Waals surface area (Å²) in [6.07, 6.45) is 9.53. The van der Waals surface area contributed by atoms with Crippen LogP contribution in [0.5, 0.6) is 11.5 Å². The molecule has 2 bridgehead atoms. The van der Waals surface area contributed by atoms with Gasteiger partial charge in [-0.15, -0.1) is 0 Å². The molecule has 1 aromatic carbocycles. The third-order valence-corrected chi connectivity index (χ3v) is 8.71. The van der Waals surface area contributed by atoms with E-state index in [0.29, 0.717) is 34.4 Å². The fourth-order valence-corrected chi connectivity index (χ4v) is 7.14. The van der Waals surface area contributed by atoms with Gasteiger partial charge >= 0.3 is 5.63 Å². The maximum absolute atomic E-state index is 13.6. The number of fused-ring (bicyclic) bond motifs is 7. The molecule has 180 valence electrons. The zero-order valence-corrected chi connectivity index (χ0v) is 19.6. The van der Waals surface area contributed by atoms with Gasteiger partial charge in [-0.2, -0.15) is 0 Å². The van der Waals surface area contributed by atoms with Crippen LogP contribution >= 0.6 is 0 Å². The van der Waals surface area contributed by atoms with Crippen molar-refractivity contribution in [3.8, 4) is 11.5 Å². The fraction of sp³-hybridized carbons (Fsp3) is 0.556. The summed E-state index contributed by atoms with van der Waals surface area (Å²) in [5.41, 5.74) is 1.68. The third-order valence-electron chi connectivity index (χ3n) is 8.71. The molecule has 0 radical (unpaired) electrons. The van der Waals surface area contributed by atoms with Crippen molar-refractivity contribution in [1.29, 1.82) is 0 Å². The number of likely N-dealkylation sites (tertiary alicyclic amines) is 1. The molecule has 7 nitrogen and oxygen atoms in total. The number of aromatic hydroxyl groups is 2. The first-order chi connectivity index (χ1) is 16.4. The summed E-state index contributed by atoms with van der Waals surface area (Å²) >= 11 is 0. The van der Waals surface area contributed by atoms with E-state index >= 15 is 0 Å². The number of nitrogens with zero attached hydrogens (tertiary/aromatic N) is 2. The number of benzene rings is 1. The molecule has 7 heteroatoms. The number of phenolic OH excluding ortho intramolecular Hbond substituents is 2. The normalized spacial score (nSPS) is 28.9. The lowest BCUT2D eigenvalue weighted by atomic mass is 9.68. The molecule has 1 aromatic heterocycles. The first-order valence-corrected chi connectivity index (χ1v) is 12.6. The smallest absolute Gasteiger partial charge is 0.340 e. The Bertz CT molecular complexity index is 1250. The highest BCUT2D eigenvalue weighted by Gasteiger charge is 2.46. The Kier molecular flexibility index (Phi) is 5.21. The third kappa shape index (κ3) is 3.35. The Hall–Kier alpha value is -2.80. The number of hydrogen-bond acceptors (Lipinski definition) is 6. The van der Waals surface area contributed by atoms with Crippen LogP contribution in [0, 0.1) is 18.8 Å². The van der Waals surface area contributed by atoms with E-state index in [1.165, 1.54) is 37.4 Å². The van der Waals surface area contributed by atoms with E-state index in [1.807, 2.05) is 4.90 Å². The highest BCUT2D eigenvalue weighted by Crippen LogP contribution is 2.45. The van der Waals surface area contributed by atoms with E-state index in [2.05, 4.69) is 11.0 Å². The van der Waals surface area contributed by atoms with E-state index in [0.717, 1.165) is 32.4 Å². The van der Waals surface area contributed by atoms with Gasteiger partial charge in [-0.3, -0.25) is 9.69 Å². The molecule has 3 aliphatic heterocycles. The Morgan fingerprint density at radius 3 is 2.88 bits per heavy atom. The van der Waals surface area contributed by atoms with Crippen molar-refractivity contribution in [1.82, 2.24) is 9.80 Å². The zero-order chi connectivity index (χ0) is 23.6. The largest absolute Gasteiger partial charge is 0.504 e. The van der Waals surface area contributed by atoms with E-state index < -0.39 is 11.4 Å². The molecule has 2 aromatic rings. The van der Waals surface area contributed by atoms with Crippen LogP contribution in [-0.4, -0.2) is 57.6 Å². The number of hydrogen-bond donors (Lipinski definition) is 2. The summed E-state index contributed by atoms with van der Waals surface area (Å²) in [6, 6.07) is 3.78. The monoisotopic (exact) mass is 464 g/mol. The first-order valence-electron chi connectivity index (χ1n) is 12.6. The minimum absolute atomic E-state index is 0.0159. The molecular formula is C27H32N2O5. The molecule has 1 amide bonds. The quantitative estimate of drug-likeness (QED) is 0.402. The summed E-state index contributed by atoms with van der Waals surface area (Å²) < 4.78 is 5.35. The van der Waals surface area contributed by atoms with Crippen LogP contribution in [0.2, 0.25) is 0 Å². The minimum Gasteiger partial charge on any atom is -0.504 e. The number of phenols is 2. The van der Waals surface area contributed by atoms with E-state index in [4.69, 9.17) is 4.42 Å². The standard InChI is InChI=1S/C27H32N2O5/c1-15-19-7-8-22(30)25(32)26(19)34-27(33)20(15)13-23(31)29-10-4-5-16-11-17-12-18(24(16)29)14-28-9-3-2-6-21(17)28/h7-8,11,17-18,21,24,30,32H,2-6,9-10,12-14H2,1H3/t17-,18+,21-,24-/m1/s1. The lowest BCUT2D eigenvalue weighted by Crippen LogP contribution is -2.60. The molecule has 6 rings (SSSR count). The summed E-state index contributed by atoms with van der Waals surface area (Å²) in [7, 11) is 0. The predicted molar refractivity (Wildman–Crippen MR) is 128 cm³/mol. The van der Waals surface area contributed by atoms with Crippen molar-refractivity contribution in [2.24, 2.45) is 11.8 Å². The van der Waals surface area contributed by atoms with Crippen LogP contribution in [0.4, 0.5) is 0 Å². The molecule has 0 unspecified atom stereocenters. The second-order valence-electron chi connectivity index (χ2n) is 10.6. The second-order valence-corrected chi connectivity index (χ2v) is 10.6. The van der Waals surface area contributed by atoms with Gasteiger partial charge in [0, 0.05) is 24.5 Å². The molecule has 3 saturated heterocycles. The van der Waals surface area contributed by atoms with Crippen LogP contribution in [-0.2, 0) is 11.2 Å². The number of piperidine rings is 3. The van der Waals surface area contributed by atoms with Gasteiger partial charge in [-0.05, 0) is 75.1 Å². The van der Waals surface area contributed by atoms with Gasteiger partial charge < -0.3 is 19.5 Å². The molecule has 4 atom stereocenters. The van der Waals surface area contributed by atoms with Crippen molar-refractivity contribution >= 4 is 16.9 Å². The highest BCUT2D eigenvalue weighted by molar-refractivity contribution is 5.89. The van der Waals surface area contributed by atoms with Gasteiger partial charge in [0.1, 0.15) is 0 Å². The molecule has 1 aliphatic carbocycles. The topological polar surface area (TPSA) is 94.2 Å². The first kappa shape index (κ1) is 21.7. The Balaban J connectivity index is 1.31. The predicted octanol–water partition coefficient (Wildman–Crippen LogP) is 3.48. The van der Waals surface area contributed by atoms with Crippen molar-refractivity contribution in [2.45, 2.75) is 64.0 Å². The van der Waals surface area contributed by atoms with Crippen molar-refractivity contribution in [2.75, 3.05) is 19.6 Å². The lowest BCUT2D eigenvalue weighted by Gasteiger charge is -2.54. The molecule has 2 N–H and O–H groups in total. The summed E-state index contributed by atoms with van der Waals surface area (Å²) in [5, 5.41) is 20.4. The van der Waals surface area contributed by atoms with Crippen LogP contribution in [0.3, 0.4) is 0 Å². The number of aryl methyl sites for hydroxylation is 1. The van der Waals surface area contributed by atoms with Gasteiger partial charge in [-0.1, -0.05) is 18.1 Å². The van der Waals surface area contributed by atoms with E-state index in [-0.39, 0.29) is 29.7 Å². The highest BCUT2D eigenvalue weighted by atomic mass is 16.4. The fourth-order valence-electron chi connectivity index (χ4n) is 7.14. The summed E-state index contributed by atoms with van der Waals surface area (Å²) in [6.45, 7) is 4.72. The number of carbonyl (C=O) groups is 1. The van der Waals surface area contributed by atoms with Gasteiger partial charge in [-0.25, -0.2) is 4.79 Å². The Labute approximate surface area is 198 Å². The van der Waals surface area contributed by atoms with Gasteiger partial charge in [0.15, 0.2) is 11.3 Å². The van der Waals surface area contributed by atoms with Crippen LogP contribution in [0.15, 0.2) is 33.0 Å². The molecule has 4 aliphatic rings. The zero-order valence-electron chi connectivity index (χ0n) is 19.6.